The van der Waals surface area contributed by atoms with Gasteiger partial charge in [-0.3, -0.25) is 4.79 Å². The Bertz CT molecular complexity index is 221. The highest BCUT2D eigenvalue weighted by molar-refractivity contribution is 5.79. The van der Waals surface area contributed by atoms with Crippen molar-refractivity contribution >= 4 is 11.9 Å². The van der Waals surface area contributed by atoms with Crippen LogP contribution in [0.15, 0.2) is 0 Å². The number of rotatable bonds is 5. The maximum Gasteiger partial charge on any atom is 0.346 e. The topological polar surface area (TPSA) is 83.8 Å². The van der Waals surface area contributed by atoms with Crippen LogP contribution in [0, 0.1) is 11.3 Å². The van der Waals surface area contributed by atoms with E-state index >= 15 is 0 Å². The first-order valence-corrected chi connectivity index (χ1v) is 4.42. The van der Waals surface area contributed by atoms with E-state index in [9.17, 15) is 9.59 Å². The van der Waals surface area contributed by atoms with E-state index in [4.69, 9.17) is 10.4 Å². The molecule has 0 aromatic rings. The molecule has 1 atom stereocenters. The molecule has 0 heterocycles. The second-order valence-corrected chi connectivity index (χ2v) is 3.90. The van der Waals surface area contributed by atoms with Crippen molar-refractivity contribution in [3.8, 4) is 0 Å². The number of carbonyl (C=O) groups excluding carboxylic acids is 1. The smallest absolute Gasteiger partial charge is 0.346 e. The number of aliphatic carboxylic acids is 1. The lowest BCUT2D eigenvalue weighted by molar-refractivity contribution is -0.243. The quantitative estimate of drug-likeness (QED) is 0.524. The van der Waals surface area contributed by atoms with E-state index in [2.05, 4.69) is 4.89 Å². The third-order valence-corrected chi connectivity index (χ3v) is 2.61. The Morgan fingerprint density at radius 1 is 1.43 bits per heavy atom. The van der Waals surface area contributed by atoms with Crippen LogP contribution >= 0.6 is 0 Å². The number of carbonyl (C=O) groups is 2. The fourth-order valence-electron chi connectivity index (χ4n) is 1.16. The number of hydrogen-bond acceptors (Lipinski definition) is 4. The van der Waals surface area contributed by atoms with Crippen LogP contribution in [0.2, 0.25) is 0 Å². The summed E-state index contributed by atoms with van der Waals surface area (Å²) in [5, 5.41) is 16.8. The van der Waals surface area contributed by atoms with Gasteiger partial charge >= 0.3 is 11.9 Å². The van der Waals surface area contributed by atoms with Crippen LogP contribution in [0.3, 0.4) is 0 Å². The van der Waals surface area contributed by atoms with Gasteiger partial charge in [-0.25, -0.2) is 4.79 Å². The summed E-state index contributed by atoms with van der Waals surface area (Å²) in [6.07, 6.45) is 0.292. The lowest BCUT2D eigenvalue weighted by Gasteiger charge is -2.29. The number of hydrogen-bond donors (Lipinski definition) is 2. The van der Waals surface area contributed by atoms with Gasteiger partial charge in [-0.1, -0.05) is 27.2 Å². The van der Waals surface area contributed by atoms with Gasteiger partial charge in [-0.05, 0) is 5.41 Å². The highest BCUT2D eigenvalue weighted by Crippen LogP contribution is 2.33. The van der Waals surface area contributed by atoms with E-state index in [0.29, 0.717) is 6.42 Å². The van der Waals surface area contributed by atoms with Crippen LogP contribution in [-0.4, -0.2) is 22.3 Å². The van der Waals surface area contributed by atoms with E-state index in [1.165, 1.54) is 0 Å². The zero-order valence-corrected chi connectivity index (χ0v) is 8.61. The standard InChI is InChI=1S/C9H16O5/c1-4-9(2,3)6(5-7(10)11)8(12)14-13/h6,13H,4-5H2,1-3H3,(H,10,11). The van der Waals surface area contributed by atoms with Crippen LogP contribution in [0.1, 0.15) is 33.6 Å². The normalized spacial score (nSPS) is 13.4. The molecule has 5 nitrogen and oxygen atoms in total. The molecule has 1 unspecified atom stereocenters. The van der Waals surface area contributed by atoms with E-state index in [-0.39, 0.29) is 6.42 Å². The molecule has 0 spiro atoms. The number of carboxylic acids is 1. The molecular weight excluding hydrogens is 188 g/mol. The summed E-state index contributed by atoms with van der Waals surface area (Å²) in [6, 6.07) is 0. The zero-order valence-electron chi connectivity index (χ0n) is 8.61. The molecule has 0 radical (unpaired) electrons. The van der Waals surface area contributed by atoms with Gasteiger partial charge in [-0.15, -0.1) is 0 Å². The molecule has 0 aliphatic rings. The monoisotopic (exact) mass is 204 g/mol. The first kappa shape index (κ1) is 12.9. The highest BCUT2D eigenvalue weighted by Gasteiger charge is 2.37. The highest BCUT2D eigenvalue weighted by atomic mass is 17.1. The van der Waals surface area contributed by atoms with Gasteiger partial charge in [-0.2, -0.15) is 5.26 Å². The predicted molar refractivity (Wildman–Crippen MR) is 48.5 cm³/mol. The molecule has 0 bridgehead atoms. The van der Waals surface area contributed by atoms with Crippen molar-refractivity contribution in [2.24, 2.45) is 11.3 Å². The molecule has 82 valence electrons. The Morgan fingerprint density at radius 3 is 2.21 bits per heavy atom. The average molecular weight is 204 g/mol. The first-order valence-electron chi connectivity index (χ1n) is 4.42. The SMILES string of the molecule is CCC(C)(C)C(CC(=O)O)C(=O)OO. The Labute approximate surface area is 82.6 Å². The van der Waals surface area contributed by atoms with E-state index in [1.54, 1.807) is 13.8 Å². The minimum absolute atomic E-state index is 0.333. The number of carboxylic acid groups (broad SMARTS) is 1. The second kappa shape index (κ2) is 4.95. The summed E-state index contributed by atoms with van der Waals surface area (Å²) in [4.78, 5) is 25.2. The Morgan fingerprint density at radius 2 is 1.93 bits per heavy atom. The fourth-order valence-corrected chi connectivity index (χ4v) is 1.16. The summed E-state index contributed by atoms with van der Waals surface area (Å²) >= 11 is 0. The summed E-state index contributed by atoms with van der Waals surface area (Å²) < 4.78 is 0. The lowest BCUT2D eigenvalue weighted by Crippen LogP contribution is -2.33. The van der Waals surface area contributed by atoms with E-state index in [1.807, 2.05) is 6.92 Å². The van der Waals surface area contributed by atoms with Gasteiger partial charge < -0.3 is 9.99 Å². The van der Waals surface area contributed by atoms with Gasteiger partial charge in [0.1, 0.15) is 0 Å². The largest absolute Gasteiger partial charge is 0.481 e. The summed E-state index contributed by atoms with van der Waals surface area (Å²) in [7, 11) is 0. The molecular formula is C9H16O5. The van der Waals surface area contributed by atoms with Crippen molar-refractivity contribution < 1.29 is 24.8 Å². The van der Waals surface area contributed by atoms with E-state index < -0.39 is 23.3 Å². The van der Waals surface area contributed by atoms with Gasteiger partial charge in [0.2, 0.25) is 0 Å². The molecule has 0 aliphatic carbocycles. The maximum absolute atomic E-state index is 11.1. The van der Waals surface area contributed by atoms with Gasteiger partial charge in [0.15, 0.2) is 0 Å². The minimum Gasteiger partial charge on any atom is -0.481 e. The predicted octanol–water partition coefficient (Wildman–Crippen LogP) is 1.53. The van der Waals surface area contributed by atoms with Crippen LogP contribution in [0.4, 0.5) is 0 Å². The average Bonchev–Trinajstić information content (AvgIpc) is 2.12. The fraction of sp³-hybridized carbons (Fsp3) is 0.778. The molecule has 0 saturated carbocycles. The zero-order chi connectivity index (χ0) is 11.4. The molecule has 0 amide bonds. The molecule has 0 rings (SSSR count). The van der Waals surface area contributed by atoms with E-state index in [0.717, 1.165) is 0 Å². The summed E-state index contributed by atoms with van der Waals surface area (Å²) in [5.74, 6) is -2.80. The van der Waals surface area contributed by atoms with Crippen molar-refractivity contribution in [1.82, 2.24) is 0 Å². The minimum atomic E-state index is -1.08. The van der Waals surface area contributed by atoms with Crippen molar-refractivity contribution in [3.05, 3.63) is 0 Å². The van der Waals surface area contributed by atoms with Crippen molar-refractivity contribution in [3.63, 3.8) is 0 Å². The third-order valence-electron chi connectivity index (χ3n) is 2.61. The molecule has 14 heavy (non-hydrogen) atoms. The third kappa shape index (κ3) is 3.33. The summed E-state index contributed by atoms with van der Waals surface area (Å²) in [5.41, 5.74) is -0.502. The van der Waals surface area contributed by atoms with Crippen molar-refractivity contribution in [2.45, 2.75) is 33.6 Å². The summed E-state index contributed by atoms with van der Waals surface area (Å²) in [6.45, 7) is 5.37. The molecule has 0 saturated heterocycles. The van der Waals surface area contributed by atoms with Crippen LogP contribution in [0.5, 0.6) is 0 Å². The second-order valence-electron chi connectivity index (χ2n) is 3.90. The van der Waals surface area contributed by atoms with Gasteiger partial charge in [0, 0.05) is 0 Å². The van der Waals surface area contributed by atoms with Crippen molar-refractivity contribution in [2.75, 3.05) is 0 Å². The van der Waals surface area contributed by atoms with Crippen LogP contribution in [-0.2, 0) is 14.5 Å². The molecule has 0 aliphatic heterocycles. The Balaban J connectivity index is 4.71. The Kier molecular flexibility index (Phi) is 4.56. The van der Waals surface area contributed by atoms with Gasteiger partial charge in [0.05, 0.1) is 12.3 Å². The molecule has 5 heteroatoms. The molecule has 0 aromatic carbocycles. The van der Waals surface area contributed by atoms with Crippen LogP contribution < -0.4 is 0 Å². The van der Waals surface area contributed by atoms with Gasteiger partial charge in [0.25, 0.3) is 0 Å². The molecule has 0 aromatic heterocycles. The first-order chi connectivity index (χ1) is 6.35. The lowest BCUT2D eigenvalue weighted by atomic mass is 9.75. The molecule has 0 fully saturated rings. The maximum atomic E-state index is 11.1. The molecule has 2 N–H and O–H groups in total. The Hall–Kier alpha value is -1.10. The van der Waals surface area contributed by atoms with Crippen LogP contribution in [0.25, 0.3) is 0 Å². The van der Waals surface area contributed by atoms with Crippen molar-refractivity contribution in [1.29, 1.82) is 0 Å².